The minimum atomic E-state index is -0.718. The highest BCUT2D eigenvalue weighted by Gasteiger charge is 2.18. The Balaban J connectivity index is 1.67. The fraction of sp³-hybridized carbons (Fsp3) is 0.190. The number of hydrogen-bond acceptors (Lipinski definition) is 6. The number of halogens is 1. The number of nitrogens with one attached hydrogen (secondary N) is 1. The summed E-state index contributed by atoms with van der Waals surface area (Å²) in [6, 6.07) is 11.5. The Bertz CT molecular complexity index is 1390. The smallest absolute Gasteiger partial charge is 0.359 e. The number of carbonyl (C=O) groups excluding carboxylic acids is 1. The van der Waals surface area contributed by atoms with Crippen molar-refractivity contribution in [3.8, 4) is 0 Å². The molecule has 0 radical (unpaired) electrons. The van der Waals surface area contributed by atoms with Crippen LogP contribution in [0.15, 0.2) is 52.1 Å². The van der Waals surface area contributed by atoms with Gasteiger partial charge in [0, 0.05) is 17.0 Å². The first-order valence-electron chi connectivity index (χ1n) is 9.33. The van der Waals surface area contributed by atoms with Crippen LogP contribution >= 0.6 is 11.6 Å². The predicted molar refractivity (Wildman–Crippen MR) is 113 cm³/mol. The van der Waals surface area contributed by atoms with E-state index in [1.165, 1.54) is 4.68 Å². The molecule has 0 spiro atoms. The highest BCUT2D eigenvalue weighted by molar-refractivity contribution is 6.31. The average molecular weight is 425 g/mol. The molecule has 0 aliphatic rings. The molecule has 0 bridgehead atoms. The number of aryl methyl sites for hydroxylation is 1. The third-order valence-corrected chi connectivity index (χ3v) is 4.79. The molecule has 2 aromatic carbocycles. The monoisotopic (exact) mass is 424 g/mol. The number of fused-ring (bicyclic) bond motifs is 2. The number of rotatable bonds is 5. The van der Waals surface area contributed by atoms with Crippen LogP contribution in [-0.2, 0) is 17.9 Å². The lowest BCUT2D eigenvalue weighted by atomic mass is 10.1. The molecule has 8 nitrogen and oxygen atoms in total. The van der Waals surface area contributed by atoms with Crippen molar-refractivity contribution in [2.24, 2.45) is 0 Å². The van der Waals surface area contributed by atoms with Gasteiger partial charge in [-0.1, -0.05) is 36.7 Å². The molecule has 2 aromatic heterocycles. The van der Waals surface area contributed by atoms with Crippen LogP contribution in [0.3, 0.4) is 0 Å². The summed E-state index contributed by atoms with van der Waals surface area (Å²) in [5.74, 6) is -0.542. The number of aromatic amines is 1. The van der Waals surface area contributed by atoms with Crippen LogP contribution in [0.2, 0.25) is 5.02 Å². The van der Waals surface area contributed by atoms with Crippen molar-refractivity contribution in [2.45, 2.75) is 26.5 Å². The summed E-state index contributed by atoms with van der Waals surface area (Å²) < 4.78 is 6.61. The van der Waals surface area contributed by atoms with Crippen LogP contribution in [0, 0.1) is 0 Å². The first-order valence-corrected chi connectivity index (χ1v) is 9.71. The maximum absolute atomic E-state index is 12.8. The molecular weight excluding hydrogens is 408 g/mol. The number of carbonyl (C=O) groups is 1. The molecule has 0 unspecified atom stereocenters. The Morgan fingerprint density at radius 3 is 2.67 bits per heavy atom. The van der Waals surface area contributed by atoms with E-state index in [1.807, 2.05) is 6.92 Å². The zero-order chi connectivity index (χ0) is 21.3. The molecule has 0 aliphatic heterocycles. The Morgan fingerprint density at radius 2 is 1.90 bits per heavy atom. The molecule has 0 atom stereocenters. The van der Waals surface area contributed by atoms with E-state index in [1.54, 1.807) is 42.5 Å². The van der Waals surface area contributed by atoms with Crippen molar-refractivity contribution < 1.29 is 9.53 Å². The summed E-state index contributed by atoms with van der Waals surface area (Å²) in [4.78, 5) is 44.4. The highest BCUT2D eigenvalue weighted by atomic mass is 35.5. The minimum Gasteiger partial charge on any atom is -0.453 e. The lowest BCUT2D eigenvalue weighted by Crippen LogP contribution is -2.26. The van der Waals surface area contributed by atoms with Crippen LogP contribution in [0.4, 0.5) is 0 Å². The number of benzene rings is 2. The SMILES string of the molecule is CCCn1nc(C(=O)OCc2nc3cc(Cl)ccc3c(=O)[nH]2)c2ccccc2c1=O. The Labute approximate surface area is 175 Å². The van der Waals surface area contributed by atoms with Crippen LogP contribution in [0.1, 0.15) is 29.7 Å². The molecule has 0 fully saturated rings. The van der Waals surface area contributed by atoms with Gasteiger partial charge in [-0.2, -0.15) is 5.10 Å². The summed E-state index contributed by atoms with van der Waals surface area (Å²) in [5.41, 5.74) is -0.189. The Kier molecular flexibility index (Phi) is 5.33. The third-order valence-electron chi connectivity index (χ3n) is 4.55. The molecule has 30 heavy (non-hydrogen) atoms. The van der Waals surface area contributed by atoms with Gasteiger partial charge in [-0.3, -0.25) is 9.59 Å². The van der Waals surface area contributed by atoms with E-state index in [0.29, 0.717) is 39.7 Å². The number of aromatic nitrogens is 4. The van der Waals surface area contributed by atoms with Gasteiger partial charge in [0.2, 0.25) is 0 Å². The Hall–Kier alpha value is -3.52. The normalized spacial score (nSPS) is 11.1. The van der Waals surface area contributed by atoms with E-state index in [9.17, 15) is 14.4 Å². The van der Waals surface area contributed by atoms with Gasteiger partial charge in [0.15, 0.2) is 5.69 Å². The first kappa shape index (κ1) is 19.8. The second-order valence-electron chi connectivity index (χ2n) is 6.67. The largest absolute Gasteiger partial charge is 0.453 e. The molecule has 0 amide bonds. The van der Waals surface area contributed by atoms with E-state index in [4.69, 9.17) is 16.3 Å². The topological polar surface area (TPSA) is 107 Å². The summed E-state index contributed by atoms with van der Waals surface area (Å²) in [7, 11) is 0. The molecule has 4 rings (SSSR count). The van der Waals surface area contributed by atoms with Crippen molar-refractivity contribution in [3.63, 3.8) is 0 Å². The molecule has 1 N–H and O–H groups in total. The van der Waals surface area contributed by atoms with E-state index >= 15 is 0 Å². The Morgan fingerprint density at radius 1 is 1.13 bits per heavy atom. The third kappa shape index (κ3) is 3.69. The van der Waals surface area contributed by atoms with Gasteiger partial charge in [0.1, 0.15) is 12.4 Å². The van der Waals surface area contributed by atoms with E-state index in [-0.39, 0.29) is 29.2 Å². The second-order valence-corrected chi connectivity index (χ2v) is 7.11. The van der Waals surface area contributed by atoms with Gasteiger partial charge in [-0.25, -0.2) is 14.5 Å². The fourth-order valence-corrected chi connectivity index (χ4v) is 3.35. The van der Waals surface area contributed by atoms with E-state index < -0.39 is 5.97 Å². The van der Waals surface area contributed by atoms with Gasteiger partial charge >= 0.3 is 5.97 Å². The molecule has 0 aliphatic carbocycles. The molecule has 0 saturated carbocycles. The zero-order valence-corrected chi connectivity index (χ0v) is 16.8. The van der Waals surface area contributed by atoms with Crippen LogP contribution in [0.5, 0.6) is 0 Å². The van der Waals surface area contributed by atoms with Gasteiger partial charge in [-0.05, 0) is 30.7 Å². The van der Waals surface area contributed by atoms with Gasteiger partial charge < -0.3 is 9.72 Å². The van der Waals surface area contributed by atoms with Crippen LogP contribution in [-0.4, -0.2) is 25.7 Å². The van der Waals surface area contributed by atoms with E-state index in [0.717, 1.165) is 0 Å². The number of ether oxygens (including phenoxy) is 1. The summed E-state index contributed by atoms with van der Waals surface area (Å²) in [5, 5.41) is 5.82. The number of esters is 1. The molecular formula is C21H17ClN4O4. The van der Waals surface area contributed by atoms with Crippen LogP contribution < -0.4 is 11.1 Å². The van der Waals surface area contributed by atoms with Crippen molar-refractivity contribution in [2.75, 3.05) is 0 Å². The maximum Gasteiger partial charge on any atom is 0.359 e. The number of nitrogens with zero attached hydrogens (tertiary/aromatic N) is 3. The maximum atomic E-state index is 12.8. The zero-order valence-electron chi connectivity index (χ0n) is 16.0. The number of H-pyrrole nitrogens is 1. The van der Waals surface area contributed by atoms with Crippen molar-refractivity contribution in [1.29, 1.82) is 0 Å². The highest BCUT2D eigenvalue weighted by Crippen LogP contribution is 2.16. The molecule has 152 valence electrons. The summed E-state index contributed by atoms with van der Waals surface area (Å²) >= 11 is 5.97. The first-order chi connectivity index (χ1) is 14.5. The number of hydrogen-bond donors (Lipinski definition) is 1. The lowest BCUT2D eigenvalue weighted by Gasteiger charge is -2.10. The minimum absolute atomic E-state index is 0.0323. The summed E-state index contributed by atoms with van der Waals surface area (Å²) in [6.45, 7) is 2.03. The van der Waals surface area contributed by atoms with Crippen molar-refractivity contribution in [3.05, 3.63) is 79.7 Å². The molecule has 9 heteroatoms. The second kappa shape index (κ2) is 8.08. The van der Waals surface area contributed by atoms with Crippen LogP contribution in [0.25, 0.3) is 21.7 Å². The average Bonchev–Trinajstić information content (AvgIpc) is 2.74. The quantitative estimate of drug-likeness (QED) is 0.493. The molecule has 0 saturated heterocycles. The fourth-order valence-electron chi connectivity index (χ4n) is 3.18. The van der Waals surface area contributed by atoms with Gasteiger partial charge in [0.05, 0.1) is 16.3 Å². The van der Waals surface area contributed by atoms with Gasteiger partial charge in [-0.15, -0.1) is 0 Å². The molecule has 4 aromatic rings. The van der Waals surface area contributed by atoms with Gasteiger partial charge in [0.25, 0.3) is 11.1 Å². The van der Waals surface area contributed by atoms with Crippen molar-refractivity contribution >= 4 is 39.2 Å². The molecule has 2 heterocycles. The lowest BCUT2D eigenvalue weighted by molar-refractivity contribution is 0.0455. The summed E-state index contributed by atoms with van der Waals surface area (Å²) in [6.07, 6.45) is 0.685. The van der Waals surface area contributed by atoms with Crippen molar-refractivity contribution in [1.82, 2.24) is 19.7 Å². The van der Waals surface area contributed by atoms with E-state index in [2.05, 4.69) is 15.1 Å². The standard InChI is InChI=1S/C21H17ClN4O4/c1-2-9-26-20(28)14-6-4-3-5-13(14)18(25-26)21(29)30-11-17-23-16-10-12(22)7-8-15(16)19(27)24-17/h3-8,10H,2,9,11H2,1H3,(H,23,24,27). The predicted octanol–water partition coefficient (Wildman–Crippen LogP) is 3.05.